The molecule has 1 heterocycles. The molecule has 1 rings (SSSR count). The minimum atomic E-state index is -1.05. The molecule has 0 saturated carbocycles. The SMILES string of the molecule is CC(C(=O)O)C(=O)N1CCN(CCN(C)C)CC1. The van der Waals surface area contributed by atoms with E-state index in [1.165, 1.54) is 6.92 Å². The van der Waals surface area contributed by atoms with Crippen LogP contribution in [-0.2, 0) is 9.59 Å². The lowest BCUT2D eigenvalue weighted by Gasteiger charge is -2.35. The van der Waals surface area contributed by atoms with Crippen molar-refractivity contribution in [1.29, 1.82) is 0 Å². The molecule has 1 saturated heterocycles. The van der Waals surface area contributed by atoms with Crippen molar-refractivity contribution < 1.29 is 14.7 Å². The number of hydrogen-bond acceptors (Lipinski definition) is 4. The first-order valence-electron chi connectivity index (χ1n) is 6.30. The van der Waals surface area contributed by atoms with Crippen molar-refractivity contribution in [3.63, 3.8) is 0 Å². The fourth-order valence-corrected chi connectivity index (χ4v) is 1.91. The maximum atomic E-state index is 11.8. The van der Waals surface area contributed by atoms with E-state index in [-0.39, 0.29) is 5.91 Å². The molecule has 1 aliphatic rings. The number of carbonyl (C=O) groups is 2. The fraction of sp³-hybridized carbons (Fsp3) is 0.833. The normalized spacial score (nSPS) is 19.0. The second kappa shape index (κ2) is 6.70. The van der Waals surface area contributed by atoms with Gasteiger partial charge >= 0.3 is 5.97 Å². The van der Waals surface area contributed by atoms with Crippen molar-refractivity contribution in [2.24, 2.45) is 5.92 Å². The summed E-state index contributed by atoms with van der Waals surface area (Å²) in [5.41, 5.74) is 0. The van der Waals surface area contributed by atoms with Gasteiger partial charge < -0.3 is 14.9 Å². The molecule has 1 N–H and O–H groups in total. The van der Waals surface area contributed by atoms with E-state index >= 15 is 0 Å². The number of carboxylic acid groups (broad SMARTS) is 1. The Balaban J connectivity index is 2.35. The summed E-state index contributed by atoms with van der Waals surface area (Å²) in [6, 6.07) is 0. The zero-order valence-electron chi connectivity index (χ0n) is 11.4. The Labute approximate surface area is 108 Å². The number of nitrogens with zero attached hydrogens (tertiary/aromatic N) is 3. The Morgan fingerprint density at radius 2 is 1.78 bits per heavy atom. The highest BCUT2D eigenvalue weighted by atomic mass is 16.4. The van der Waals surface area contributed by atoms with E-state index in [4.69, 9.17) is 5.11 Å². The summed E-state index contributed by atoms with van der Waals surface area (Å²) in [7, 11) is 4.07. The van der Waals surface area contributed by atoms with Gasteiger partial charge in [0.15, 0.2) is 0 Å². The number of carbonyl (C=O) groups excluding carboxylic acids is 1. The molecule has 18 heavy (non-hydrogen) atoms. The molecule has 0 aromatic carbocycles. The van der Waals surface area contributed by atoms with Gasteiger partial charge in [-0.2, -0.15) is 0 Å². The van der Waals surface area contributed by atoms with Gasteiger partial charge in [-0.1, -0.05) is 0 Å². The highest BCUT2D eigenvalue weighted by molar-refractivity contribution is 5.96. The predicted molar refractivity (Wildman–Crippen MR) is 68.4 cm³/mol. The smallest absolute Gasteiger partial charge is 0.315 e. The van der Waals surface area contributed by atoms with Gasteiger partial charge in [0.2, 0.25) is 5.91 Å². The van der Waals surface area contributed by atoms with Crippen LogP contribution in [-0.4, -0.2) is 85.0 Å². The highest BCUT2D eigenvalue weighted by Crippen LogP contribution is 2.07. The number of likely N-dealkylation sites (N-methyl/N-ethyl adjacent to an activating group) is 1. The van der Waals surface area contributed by atoms with Crippen molar-refractivity contribution in [3.8, 4) is 0 Å². The zero-order valence-corrected chi connectivity index (χ0v) is 11.4. The largest absolute Gasteiger partial charge is 0.481 e. The summed E-state index contributed by atoms with van der Waals surface area (Å²) in [5, 5.41) is 8.82. The van der Waals surface area contributed by atoms with E-state index in [2.05, 4.69) is 9.80 Å². The summed E-state index contributed by atoms with van der Waals surface area (Å²) >= 11 is 0. The zero-order chi connectivity index (χ0) is 13.7. The van der Waals surface area contributed by atoms with Crippen LogP contribution in [0, 0.1) is 5.92 Å². The Morgan fingerprint density at radius 3 is 2.22 bits per heavy atom. The molecule has 0 aliphatic carbocycles. The van der Waals surface area contributed by atoms with Gasteiger partial charge in [-0.25, -0.2) is 0 Å². The molecule has 1 fully saturated rings. The van der Waals surface area contributed by atoms with E-state index in [0.717, 1.165) is 26.2 Å². The first kappa shape index (κ1) is 14.9. The summed E-state index contributed by atoms with van der Waals surface area (Å²) in [6.45, 7) is 6.34. The number of carboxylic acids is 1. The first-order valence-corrected chi connectivity index (χ1v) is 6.30. The topological polar surface area (TPSA) is 64.1 Å². The van der Waals surface area contributed by atoms with Crippen molar-refractivity contribution in [2.45, 2.75) is 6.92 Å². The number of piperazine rings is 1. The molecule has 104 valence electrons. The summed E-state index contributed by atoms with van der Waals surface area (Å²) in [5.74, 6) is -2.25. The van der Waals surface area contributed by atoms with Crippen LogP contribution >= 0.6 is 0 Å². The first-order chi connectivity index (χ1) is 8.41. The monoisotopic (exact) mass is 257 g/mol. The van der Waals surface area contributed by atoms with Crippen LogP contribution in [0.5, 0.6) is 0 Å². The minimum absolute atomic E-state index is 0.269. The van der Waals surface area contributed by atoms with Gasteiger partial charge in [0.1, 0.15) is 5.92 Å². The van der Waals surface area contributed by atoms with Gasteiger partial charge in [0, 0.05) is 39.3 Å². The third-order valence-corrected chi connectivity index (χ3v) is 3.29. The number of amides is 1. The van der Waals surface area contributed by atoms with Gasteiger partial charge in [0.25, 0.3) is 0 Å². The number of hydrogen-bond donors (Lipinski definition) is 1. The van der Waals surface area contributed by atoms with Crippen LogP contribution in [0.3, 0.4) is 0 Å². The quantitative estimate of drug-likeness (QED) is 0.667. The predicted octanol–water partition coefficient (Wildman–Crippen LogP) is -0.587. The number of aliphatic carboxylic acids is 1. The van der Waals surface area contributed by atoms with Crippen molar-refractivity contribution in [3.05, 3.63) is 0 Å². The highest BCUT2D eigenvalue weighted by Gasteiger charge is 2.28. The molecule has 6 nitrogen and oxygen atoms in total. The molecule has 1 unspecified atom stereocenters. The molecule has 0 aromatic heterocycles. The second-order valence-electron chi connectivity index (χ2n) is 5.03. The summed E-state index contributed by atoms with van der Waals surface area (Å²) < 4.78 is 0. The van der Waals surface area contributed by atoms with E-state index in [1.807, 2.05) is 14.1 Å². The Hall–Kier alpha value is -1.14. The molecule has 1 aliphatic heterocycles. The van der Waals surface area contributed by atoms with E-state index in [9.17, 15) is 9.59 Å². The van der Waals surface area contributed by atoms with Crippen molar-refractivity contribution >= 4 is 11.9 Å². The average Bonchev–Trinajstić information content (AvgIpc) is 2.35. The molecule has 0 spiro atoms. The molecule has 1 atom stereocenters. The molecule has 0 radical (unpaired) electrons. The number of rotatable bonds is 5. The van der Waals surface area contributed by atoms with Gasteiger partial charge in [0.05, 0.1) is 0 Å². The van der Waals surface area contributed by atoms with Gasteiger partial charge in [-0.05, 0) is 21.0 Å². The van der Waals surface area contributed by atoms with Crippen LogP contribution in [0.4, 0.5) is 0 Å². The van der Waals surface area contributed by atoms with E-state index in [0.29, 0.717) is 13.1 Å². The third-order valence-electron chi connectivity index (χ3n) is 3.29. The van der Waals surface area contributed by atoms with Gasteiger partial charge in [-0.3, -0.25) is 14.5 Å². The Bertz CT molecular complexity index is 299. The fourth-order valence-electron chi connectivity index (χ4n) is 1.91. The van der Waals surface area contributed by atoms with Crippen LogP contribution in [0.1, 0.15) is 6.92 Å². The summed E-state index contributed by atoms with van der Waals surface area (Å²) in [6.07, 6.45) is 0. The van der Waals surface area contributed by atoms with Crippen LogP contribution in [0.2, 0.25) is 0 Å². The van der Waals surface area contributed by atoms with Crippen LogP contribution < -0.4 is 0 Å². The molecule has 1 amide bonds. The maximum absolute atomic E-state index is 11.8. The van der Waals surface area contributed by atoms with Crippen molar-refractivity contribution in [1.82, 2.24) is 14.7 Å². The Kier molecular flexibility index (Phi) is 5.55. The molecule has 0 aromatic rings. The molecular formula is C12H23N3O3. The molecule has 0 bridgehead atoms. The van der Waals surface area contributed by atoms with Crippen molar-refractivity contribution in [2.75, 3.05) is 53.4 Å². The van der Waals surface area contributed by atoms with E-state index in [1.54, 1.807) is 4.90 Å². The molecule has 6 heteroatoms. The maximum Gasteiger partial charge on any atom is 0.315 e. The third kappa shape index (κ3) is 4.27. The lowest BCUT2D eigenvalue weighted by Crippen LogP contribution is -2.51. The van der Waals surface area contributed by atoms with Crippen LogP contribution in [0.15, 0.2) is 0 Å². The minimum Gasteiger partial charge on any atom is -0.481 e. The average molecular weight is 257 g/mol. The Morgan fingerprint density at radius 1 is 1.22 bits per heavy atom. The molecular weight excluding hydrogens is 234 g/mol. The standard InChI is InChI=1S/C12H23N3O3/c1-10(12(17)18)11(16)15-8-6-14(7-9-15)5-4-13(2)3/h10H,4-9H2,1-3H3,(H,17,18). The lowest BCUT2D eigenvalue weighted by molar-refractivity contribution is -0.151. The summed E-state index contributed by atoms with van der Waals surface area (Å²) in [4.78, 5) is 28.7. The van der Waals surface area contributed by atoms with Gasteiger partial charge in [-0.15, -0.1) is 0 Å². The lowest BCUT2D eigenvalue weighted by atomic mass is 10.1. The second-order valence-corrected chi connectivity index (χ2v) is 5.03. The van der Waals surface area contributed by atoms with E-state index < -0.39 is 11.9 Å². The van der Waals surface area contributed by atoms with Crippen LogP contribution in [0.25, 0.3) is 0 Å².